The lowest BCUT2D eigenvalue weighted by molar-refractivity contribution is -0.116. The number of aromatic nitrogens is 2. The fourth-order valence-electron chi connectivity index (χ4n) is 4.21. The van der Waals surface area contributed by atoms with Crippen LogP contribution in [0.2, 0.25) is 0 Å². The highest BCUT2D eigenvalue weighted by Crippen LogP contribution is 2.28. The summed E-state index contributed by atoms with van der Waals surface area (Å²) in [7, 11) is 0. The smallest absolute Gasteiger partial charge is 0.253 e. The van der Waals surface area contributed by atoms with Gasteiger partial charge in [0.15, 0.2) is 0 Å². The maximum Gasteiger partial charge on any atom is 0.253 e. The van der Waals surface area contributed by atoms with Crippen LogP contribution in [0.25, 0.3) is 0 Å². The van der Waals surface area contributed by atoms with E-state index in [4.69, 9.17) is 0 Å². The average Bonchev–Trinajstić information content (AvgIpc) is 3.35. The van der Waals surface area contributed by atoms with Gasteiger partial charge >= 0.3 is 0 Å². The van der Waals surface area contributed by atoms with Crippen LogP contribution in [0.1, 0.15) is 29.6 Å². The molecular weight excluding hydrogens is 425 g/mol. The van der Waals surface area contributed by atoms with E-state index in [1.165, 1.54) is 0 Å². The van der Waals surface area contributed by atoms with Crippen LogP contribution in [0.3, 0.4) is 0 Å². The Morgan fingerprint density at radius 1 is 1.13 bits per heavy atom. The number of carbonyl (C=O) groups excluding carboxylic acids is 2. The molecule has 2 aromatic rings. The monoisotopic (exact) mass is 453 g/mol. The average molecular weight is 454 g/mol. The van der Waals surface area contributed by atoms with E-state index in [1.54, 1.807) is 18.6 Å². The van der Waals surface area contributed by atoms with Gasteiger partial charge in [-0.05, 0) is 56.0 Å². The van der Waals surface area contributed by atoms with E-state index in [0.717, 1.165) is 39.0 Å². The van der Waals surface area contributed by atoms with Crippen molar-refractivity contribution in [2.75, 3.05) is 31.5 Å². The molecular formula is C21H29Cl2N5O2. The third-order valence-electron chi connectivity index (χ3n) is 5.86. The normalized spacial score (nSPS) is 20.3. The summed E-state index contributed by atoms with van der Waals surface area (Å²) in [4.78, 5) is 31.1. The van der Waals surface area contributed by atoms with E-state index in [0.29, 0.717) is 36.1 Å². The summed E-state index contributed by atoms with van der Waals surface area (Å²) in [5.41, 5.74) is 1.30. The maximum atomic E-state index is 13.0. The number of fused-ring (bicyclic) bond motifs is 1. The Kier molecular flexibility index (Phi) is 9.14. The second kappa shape index (κ2) is 11.3. The molecule has 0 saturated carbocycles. The maximum absolute atomic E-state index is 13.0. The number of rotatable bonds is 5. The van der Waals surface area contributed by atoms with E-state index in [-0.39, 0.29) is 36.6 Å². The van der Waals surface area contributed by atoms with Crippen molar-refractivity contribution >= 4 is 42.3 Å². The molecule has 9 heteroatoms. The summed E-state index contributed by atoms with van der Waals surface area (Å²) in [6.45, 7) is 4.35. The Hall–Kier alpha value is -2.09. The molecule has 1 aromatic carbocycles. The molecule has 30 heavy (non-hydrogen) atoms. The van der Waals surface area contributed by atoms with Gasteiger partial charge in [0.2, 0.25) is 5.91 Å². The van der Waals surface area contributed by atoms with Gasteiger partial charge in [-0.1, -0.05) is 6.07 Å². The van der Waals surface area contributed by atoms with Gasteiger partial charge in [0.25, 0.3) is 5.91 Å². The van der Waals surface area contributed by atoms with E-state index in [1.807, 2.05) is 33.9 Å². The van der Waals surface area contributed by atoms with Gasteiger partial charge in [-0.15, -0.1) is 24.8 Å². The van der Waals surface area contributed by atoms with Crippen molar-refractivity contribution in [3.8, 4) is 0 Å². The number of nitrogens with one attached hydrogen (secondary N) is 2. The standard InChI is InChI=1S/C21H27N5O2.2ClH/c27-20(6-8-25-11-7-22-15-25)24-19-3-1-2-16(12-19)21(28)26-9-4-17-13-23-14-18(17)5-10-26;;/h1-3,7,11-12,15,17-18,23H,4-6,8-10,13-14H2,(H,24,27);2*1H/t17-,18+;;. The molecule has 2 N–H and O–H groups in total. The number of nitrogens with zero attached hydrogens (tertiary/aromatic N) is 3. The van der Waals surface area contributed by atoms with Crippen LogP contribution < -0.4 is 10.6 Å². The van der Waals surface area contributed by atoms with Crippen molar-refractivity contribution in [3.05, 3.63) is 48.5 Å². The van der Waals surface area contributed by atoms with Crippen molar-refractivity contribution in [2.24, 2.45) is 11.8 Å². The molecule has 2 atom stereocenters. The van der Waals surface area contributed by atoms with Gasteiger partial charge in [0.1, 0.15) is 0 Å². The highest BCUT2D eigenvalue weighted by molar-refractivity contribution is 5.97. The molecule has 0 radical (unpaired) electrons. The van der Waals surface area contributed by atoms with Crippen LogP contribution in [0, 0.1) is 11.8 Å². The van der Waals surface area contributed by atoms with Gasteiger partial charge in [-0.3, -0.25) is 9.59 Å². The van der Waals surface area contributed by atoms with Crippen molar-refractivity contribution in [3.63, 3.8) is 0 Å². The number of carbonyl (C=O) groups is 2. The minimum absolute atomic E-state index is 0. The first-order valence-corrected chi connectivity index (χ1v) is 10.0. The molecule has 3 heterocycles. The molecule has 1 aromatic heterocycles. The number of aryl methyl sites for hydroxylation is 1. The summed E-state index contributed by atoms with van der Waals surface area (Å²) in [5, 5.41) is 6.36. The SMILES string of the molecule is Cl.Cl.O=C(CCn1ccnc1)Nc1cccc(C(=O)N2CC[C@@H]3CNC[C@@H]3CC2)c1. The van der Waals surface area contributed by atoms with E-state index in [9.17, 15) is 9.59 Å². The molecule has 2 aliphatic rings. The molecule has 0 aliphatic carbocycles. The number of hydrogen-bond donors (Lipinski definition) is 2. The topological polar surface area (TPSA) is 79.3 Å². The summed E-state index contributed by atoms with van der Waals surface area (Å²) in [5.74, 6) is 1.37. The lowest BCUT2D eigenvalue weighted by Gasteiger charge is -2.21. The third kappa shape index (κ3) is 5.97. The van der Waals surface area contributed by atoms with Crippen LogP contribution in [-0.2, 0) is 11.3 Å². The number of imidazole rings is 1. The molecule has 0 bridgehead atoms. The predicted octanol–water partition coefficient (Wildman–Crippen LogP) is 2.83. The van der Waals surface area contributed by atoms with Crippen LogP contribution in [0.4, 0.5) is 5.69 Å². The van der Waals surface area contributed by atoms with Crippen molar-refractivity contribution in [2.45, 2.75) is 25.8 Å². The first kappa shape index (κ1) is 24.2. The fraction of sp³-hybridized carbons (Fsp3) is 0.476. The van der Waals surface area contributed by atoms with Crippen molar-refractivity contribution in [1.29, 1.82) is 0 Å². The number of halogens is 2. The lowest BCUT2D eigenvalue weighted by atomic mass is 9.92. The first-order chi connectivity index (χ1) is 13.7. The zero-order chi connectivity index (χ0) is 19.3. The Balaban J connectivity index is 0.00000160. The van der Waals surface area contributed by atoms with Gasteiger partial charge in [-0.2, -0.15) is 0 Å². The zero-order valence-electron chi connectivity index (χ0n) is 16.8. The minimum atomic E-state index is -0.0756. The minimum Gasteiger partial charge on any atom is -0.339 e. The number of anilines is 1. The highest BCUT2D eigenvalue weighted by atomic mass is 35.5. The predicted molar refractivity (Wildman–Crippen MR) is 121 cm³/mol. The molecule has 4 rings (SSSR count). The fourth-order valence-corrected chi connectivity index (χ4v) is 4.21. The Labute approximate surface area is 189 Å². The van der Waals surface area contributed by atoms with Crippen molar-refractivity contribution in [1.82, 2.24) is 19.8 Å². The lowest BCUT2D eigenvalue weighted by Crippen LogP contribution is -2.32. The van der Waals surface area contributed by atoms with Gasteiger partial charge in [0, 0.05) is 49.7 Å². The molecule has 164 valence electrons. The van der Waals surface area contributed by atoms with E-state index < -0.39 is 0 Å². The van der Waals surface area contributed by atoms with E-state index in [2.05, 4.69) is 15.6 Å². The Morgan fingerprint density at radius 3 is 2.53 bits per heavy atom. The first-order valence-electron chi connectivity index (χ1n) is 10.0. The highest BCUT2D eigenvalue weighted by Gasteiger charge is 2.31. The zero-order valence-corrected chi connectivity index (χ0v) is 18.5. The third-order valence-corrected chi connectivity index (χ3v) is 5.86. The van der Waals surface area contributed by atoms with Crippen LogP contribution >= 0.6 is 24.8 Å². The number of likely N-dealkylation sites (tertiary alicyclic amines) is 1. The summed E-state index contributed by atoms with van der Waals surface area (Å²) >= 11 is 0. The molecule has 2 fully saturated rings. The van der Waals surface area contributed by atoms with Crippen LogP contribution in [0.5, 0.6) is 0 Å². The summed E-state index contributed by atoms with van der Waals surface area (Å²) in [6, 6.07) is 7.26. The summed E-state index contributed by atoms with van der Waals surface area (Å²) in [6.07, 6.45) is 7.70. The van der Waals surface area contributed by atoms with Crippen LogP contribution in [0.15, 0.2) is 43.0 Å². The molecule has 2 aliphatic heterocycles. The molecule has 0 unspecified atom stereocenters. The number of benzene rings is 1. The molecule has 0 spiro atoms. The van der Waals surface area contributed by atoms with Gasteiger partial charge in [0.05, 0.1) is 6.33 Å². The molecule has 2 saturated heterocycles. The second-order valence-corrected chi connectivity index (χ2v) is 7.73. The number of amides is 2. The largest absolute Gasteiger partial charge is 0.339 e. The number of hydrogen-bond acceptors (Lipinski definition) is 4. The molecule has 7 nitrogen and oxygen atoms in total. The van der Waals surface area contributed by atoms with Crippen molar-refractivity contribution < 1.29 is 9.59 Å². The van der Waals surface area contributed by atoms with Crippen LogP contribution in [-0.4, -0.2) is 52.4 Å². The summed E-state index contributed by atoms with van der Waals surface area (Å²) < 4.78 is 1.86. The quantitative estimate of drug-likeness (QED) is 0.729. The van der Waals surface area contributed by atoms with E-state index >= 15 is 0 Å². The van der Waals surface area contributed by atoms with Gasteiger partial charge in [-0.25, -0.2) is 4.98 Å². The van der Waals surface area contributed by atoms with Gasteiger partial charge < -0.3 is 20.1 Å². The second-order valence-electron chi connectivity index (χ2n) is 7.73. The Bertz CT molecular complexity index is 817. The Morgan fingerprint density at radius 2 is 1.87 bits per heavy atom. The molecule has 2 amide bonds.